The van der Waals surface area contributed by atoms with Gasteiger partial charge in [-0.05, 0) is 45.4 Å². The zero-order valence-corrected chi connectivity index (χ0v) is 14.1. The number of carbonyl (C=O) groups excluding carboxylic acids is 1. The smallest absolute Gasteiger partial charge is 0.410 e. The minimum absolute atomic E-state index is 0.186. The van der Waals surface area contributed by atoms with Crippen LogP contribution >= 0.6 is 0 Å². The summed E-state index contributed by atoms with van der Waals surface area (Å²) in [6.45, 7) is 8.20. The predicted octanol–water partition coefficient (Wildman–Crippen LogP) is 3.23. The van der Waals surface area contributed by atoms with Crippen LogP contribution in [-0.4, -0.2) is 35.8 Å². The number of carbonyl (C=O) groups is 1. The number of halogens is 1. The number of ether oxygens (including phenoxy) is 2. The van der Waals surface area contributed by atoms with E-state index in [1.165, 1.54) is 6.07 Å². The van der Waals surface area contributed by atoms with Crippen molar-refractivity contribution < 1.29 is 18.7 Å². The molecule has 6 heteroatoms. The van der Waals surface area contributed by atoms with E-state index < -0.39 is 11.4 Å². The lowest BCUT2D eigenvalue weighted by Gasteiger charge is -2.24. The first-order chi connectivity index (χ1) is 10.7. The van der Waals surface area contributed by atoms with Gasteiger partial charge in [-0.2, -0.15) is 0 Å². The fraction of sp³-hybridized carbons (Fsp3) is 0.588. The van der Waals surface area contributed by atoms with E-state index >= 15 is 0 Å². The van der Waals surface area contributed by atoms with Crippen LogP contribution in [0.15, 0.2) is 18.2 Å². The highest BCUT2D eigenvalue weighted by atomic mass is 19.1. The van der Waals surface area contributed by atoms with E-state index in [4.69, 9.17) is 15.2 Å². The first kappa shape index (κ1) is 17.5. The Kier molecular flexibility index (Phi) is 5.14. The Labute approximate surface area is 136 Å². The fourth-order valence-electron chi connectivity index (χ4n) is 2.39. The normalized spacial score (nSPS) is 19.6. The summed E-state index contributed by atoms with van der Waals surface area (Å²) in [7, 11) is 0. The number of hydrogen-bond donors (Lipinski definition) is 1. The van der Waals surface area contributed by atoms with Crippen molar-refractivity contribution in [3.63, 3.8) is 0 Å². The van der Waals surface area contributed by atoms with Crippen LogP contribution in [0, 0.1) is 5.82 Å². The Morgan fingerprint density at radius 2 is 2.13 bits per heavy atom. The van der Waals surface area contributed by atoms with E-state index in [-0.39, 0.29) is 24.0 Å². The zero-order chi connectivity index (χ0) is 17.2. The van der Waals surface area contributed by atoms with Gasteiger partial charge in [0.15, 0.2) is 11.6 Å². The maximum Gasteiger partial charge on any atom is 0.410 e. The predicted molar refractivity (Wildman–Crippen MR) is 85.8 cm³/mol. The first-order valence-electron chi connectivity index (χ1n) is 7.85. The van der Waals surface area contributed by atoms with Gasteiger partial charge in [0.2, 0.25) is 0 Å². The Morgan fingerprint density at radius 3 is 2.70 bits per heavy atom. The molecule has 1 unspecified atom stereocenters. The molecule has 1 fully saturated rings. The number of rotatable bonds is 3. The summed E-state index contributed by atoms with van der Waals surface area (Å²) in [5.41, 5.74) is 5.92. The van der Waals surface area contributed by atoms with Crippen molar-refractivity contribution in [2.45, 2.75) is 51.9 Å². The second-order valence-electron chi connectivity index (χ2n) is 6.93. The lowest BCUT2D eigenvalue weighted by Crippen LogP contribution is -2.36. The van der Waals surface area contributed by atoms with Crippen molar-refractivity contribution in [3.8, 4) is 5.75 Å². The number of likely N-dealkylation sites (tertiary alicyclic amines) is 1. The molecule has 1 heterocycles. The van der Waals surface area contributed by atoms with E-state index in [9.17, 15) is 9.18 Å². The van der Waals surface area contributed by atoms with Crippen molar-refractivity contribution in [3.05, 3.63) is 29.6 Å². The molecule has 2 rings (SSSR count). The van der Waals surface area contributed by atoms with E-state index in [0.29, 0.717) is 19.5 Å². The van der Waals surface area contributed by atoms with Crippen LogP contribution in [0.5, 0.6) is 5.75 Å². The molecule has 0 bridgehead atoms. The minimum atomic E-state index is -0.531. The van der Waals surface area contributed by atoms with Crippen LogP contribution in [0.1, 0.15) is 45.7 Å². The average Bonchev–Trinajstić information content (AvgIpc) is 2.87. The van der Waals surface area contributed by atoms with Gasteiger partial charge in [0.25, 0.3) is 0 Å². The van der Waals surface area contributed by atoms with Crippen LogP contribution in [0.25, 0.3) is 0 Å². The van der Waals surface area contributed by atoms with E-state index in [1.54, 1.807) is 24.0 Å². The zero-order valence-electron chi connectivity index (χ0n) is 14.1. The maximum absolute atomic E-state index is 14.1. The van der Waals surface area contributed by atoms with Gasteiger partial charge in [-0.1, -0.05) is 6.07 Å². The molecule has 0 aliphatic carbocycles. The molecule has 128 valence electrons. The quantitative estimate of drug-likeness (QED) is 0.927. The van der Waals surface area contributed by atoms with Gasteiger partial charge in [0, 0.05) is 19.0 Å². The maximum atomic E-state index is 14.1. The molecule has 1 aliphatic heterocycles. The second-order valence-corrected chi connectivity index (χ2v) is 6.93. The average molecular weight is 324 g/mol. The fourth-order valence-corrected chi connectivity index (χ4v) is 2.39. The van der Waals surface area contributed by atoms with Crippen molar-refractivity contribution in [2.75, 3.05) is 13.1 Å². The van der Waals surface area contributed by atoms with Gasteiger partial charge in [-0.25, -0.2) is 9.18 Å². The lowest BCUT2D eigenvalue weighted by atomic mass is 10.1. The van der Waals surface area contributed by atoms with Crippen LogP contribution in [-0.2, 0) is 4.74 Å². The number of nitrogens with zero attached hydrogens (tertiary/aromatic N) is 1. The molecule has 1 amide bonds. The summed E-state index contributed by atoms with van der Waals surface area (Å²) in [5, 5.41) is 0. The third kappa shape index (κ3) is 4.82. The van der Waals surface area contributed by atoms with Crippen molar-refractivity contribution in [1.29, 1.82) is 0 Å². The summed E-state index contributed by atoms with van der Waals surface area (Å²) in [6.07, 6.45) is 0.0443. The topological polar surface area (TPSA) is 64.8 Å². The lowest BCUT2D eigenvalue weighted by molar-refractivity contribution is 0.0275. The molecular formula is C17H25FN2O3. The van der Waals surface area contributed by atoms with Crippen LogP contribution in [0.3, 0.4) is 0 Å². The van der Waals surface area contributed by atoms with Gasteiger partial charge >= 0.3 is 6.09 Å². The number of amides is 1. The van der Waals surface area contributed by atoms with Gasteiger partial charge in [0.1, 0.15) is 11.7 Å². The minimum Gasteiger partial charge on any atom is -0.485 e. The molecule has 2 atom stereocenters. The molecule has 1 aromatic carbocycles. The molecule has 0 radical (unpaired) electrons. The highest BCUT2D eigenvalue weighted by Gasteiger charge is 2.31. The van der Waals surface area contributed by atoms with Crippen molar-refractivity contribution in [2.24, 2.45) is 5.73 Å². The van der Waals surface area contributed by atoms with Crippen LogP contribution < -0.4 is 10.5 Å². The molecule has 1 saturated heterocycles. The molecule has 5 nitrogen and oxygen atoms in total. The van der Waals surface area contributed by atoms with Gasteiger partial charge < -0.3 is 20.1 Å². The van der Waals surface area contributed by atoms with E-state index in [1.807, 2.05) is 20.8 Å². The third-order valence-corrected chi connectivity index (χ3v) is 3.57. The van der Waals surface area contributed by atoms with Gasteiger partial charge in [-0.3, -0.25) is 0 Å². The molecule has 0 spiro atoms. The van der Waals surface area contributed by atoms with Crippen molar-refractivity contribution >= 4 is 6.09 Å². The Balaban J connectivity index is 1.94. The largest absolute Gasteiger partial charge is 0.485 e. The summed E-state index contributed by atoms with van der Waals surface area (Å²) in [5.74, 6) is -0.249. The van der Waals surface area contributed by atoms with Crippen LogP contribution in [0.4, 0.5) is 9.18 Å². The van der Waals surface area contributed by atoms with E-state index in [0.717, 1.165) is 5.56 Å². The van der Waals surface area contributed by atoms with Gasteiger partial charge in [-0.15, -0.1) is 0 Å². The Bertz CT molecular complexity index is 569. The molecule has 2 N–H and O–H groups in total. The molecule has 1 aromatic rings. The van der Waals surface area contributed by atoms with E-state index in [2.05, 4.69) is 0 Å². The number of nitrogens with two attached hydrogens (primary N) is 1. The standard InChI is InChI=1S/C17H25FN2O3/c1-11(19)12-5-6-15(14(18)9-12)22-13-7-8-20(10-13)16(21)23-17(2,3)4/h5-6,9,11,13H,7-8,10,19H2,1-4H3/t11?,13-/m0/s1. The Hall–Kier alpha value is -1.82. The first-order valence-corrected chi connectivity index (χ1v) is 7.85. The molecule has 23 heavy (non-hydrogen) atoms. The SMILES string of the molecule is CC(N)c1ccc(O[C@H]2CCN(C(=O)OC(C)(C)C)C2)c(F)c1. The third-order valence-electron chi connectivity index (χ3n) is 3.57. The Morgan fingerprint density at radius 1 is 1.43 bits per heavy atom. The highest BCUT2D eigenvalue weighted by molar-refractivity contribution is 5.68. The summed E-state index contributed by atoms with van der Waals surface area (Å²) < 4.78 is 25.1. The monoisotopic (exact) mass is 324 g/mol. The molecule has 0 saturated carbocycles. The van der Waals surface area contributed by atoms with Crippen LogP contribution in [0.2, 0.25) is 0 Å². The van der Waals surface area contributed by atoms with Crippen molar-refractivity contribution in [1.82, 2.24) is 4.90 Å². The summed E-state index contributed by atoms with van der Waals surface area (Å²) in [6, 6.07) is 4.50. The summed E-state index contributed by atoms with van der Waals surface area (Å²) in [4.78, 5) is 13.6. The number of benzene rings is 1. The summed E-state index contributed by atoms with van der Waals surface area (Å²) >= 11 is 0. The van der Waals surface area contributed by atoms with Gasteiger partial charge in [0.05, 0.1) is 6.54 Å². The second kappa shape index (κ2) is 6.74. The highest BCUT2D eigenvalue weighted by Crippen LogP contribution is 2.25. The molecule has 0 aromatic heterocycles. The number of hydrogen-bond acceptors (Lipinski definition) is 4. The molecular weight excluding hydrogens is 299 g/mol. The molecule has 1 aliphatic rings.